The molecule has 3 nitrogen and oxygen atoms in total. The van der Waals surface area contributed by atoms with Crippen LogP contribution >= 0.6 is 15.9 Å². The molecule has 0 bridgehead atoms. The lowest BCUT2D eigenvalue weighted by molar-refractivity contribution is 0.283. The molecule has 1 aromatic rings. The van der Waals surface area contributed by atoms with Gasteiger partial charge in [0.05, 0.1) is 24.3 Å². The highest BCUT2D eigenvalue weighted by molar-refractivity contribution is 9.10. The Balaban J connectivity index is 2.83. The molecule has 0 N–H and O–H groups in total. The lowest BCUT2D eigenvalue weighted by atomic mass is 10.1. The summed E-state index contributed by atoms with van der Waals surface area (Å²) in [6, 6.07) is 5.93. The minimum Gasteiger partial charge on any atom is -0.493 e. The summed E-state index contributed by atoms with van der Waals surface area (Å²) in [5.74, 6) is 1.40. The highest BCUT2D eigenvalue weighted by atomic mass is 79.9. The number of ether oxygens (including phenoxy) is 2. The Morgan fingerprint density at radius 1 is 1.33 bits per heavy atom. The number of nitrogens with zero attached hydrogens (tertiary/aromatic N) is 1. The van der Waals surface area contributed by atoms with Crippen LogP contribution in [-0.4, -0.2) is 13.7 Å². The van der Waals surface area contributed by atoms with Crippen LogP contribution in [-0.2, 0) is 0 Å². The number of benzene rings is 1. The molecule has 114 valence electrons. The fourth-order valence-electron chi connectivity index (χ4n) is 1.95. The zero-order chi connectivity index (χ0) is 15.7. The van der Waals surface area contributed by atoms with E-state index >= 15 is 0 Å². The first-order chi connectivity index (χ1) is 10.1. The molecule has 4 heteroatoms. The maximum Gasteiger partial charge on any atom is 0.175 e. The lowest BCUT2D eigenvalue weighted by Crippen LogP contribution is -2.00. The van der Waals surface area contributed by atoms with Crippen molar-refractivity contribution in [2.45, 2.75) is 39.5 Å². The average molecular weight is 352 g/mol. The number of methoxy groups -OCH3 is 1. The zero-order valence-electron chi connectivity index (χ0n) is 12.9. The van der Waals surface area contributed by atoms with Crippen LogP contribution in [0.3, 0.4) is 0 Å². The summed E-state index contributed by atoms with van der Waals surface area (Å²) in [4.78, 5) is 0. The van der Waals surface area contributed by atoms with Crippen molar-refractivity contribution >= 4 is 22.0 Å². The van der Waals surface area contributed by atoms with Crippen LogP contribution in [0.4, 0.5) is 0 Å². The number of unbranched alkanes of at least 4 members (excludes halogenated alkanes) is 3. The molecule has 0 spiro atoms. The van der Waals surface area contributed by atoms with Gasteiger partial charge in [0.1, 0.15) is 0 Å². The number of halogens is 1. The van der Waals surface area contributed by atoms with E-state index in [1.807, 2.05) is 18.2 Å². The average Bonchev–Trinajstić information content (AvgIpc) is 2.48. The topological polar surface area (TPSA) is 42.2 Å². The van der Waals surface area contributed by atoms with Crippen molar-refractivity contribution in [3.05, 3.63) is 27.7 Å². The standard InChI is InChI=1S/C17H22BrNO2/c1-4-5-6-7-8-21-17-15(18)10-14(9-13(2)12-19)11-16(17)20-3/h9-11H,4-8H2,1-3H3/b13-9-. The van der Waals surface area contributed by atoms with Crippen molar-refractivity contribution in [2.75, 3.05) is 13.7 Å². The molecule has 0 amide bonds. The highest BCUT2D eigenvalue weighted by Crippen LogP contribution is 2.37. The fraction of sp³-hybridized carbons (Fsp3) is 0.471. The third-order valence-corrected chi connectivity index (χ3v) is 3.64. The van der Waals surface area contributed by atoms with Gasteiger partial charge in [-0.3, -0.25) is 0 Å². The van der Waals surface area contributed by atoms with Gasteiger partial charge in [-0.25, -0.2) is 0 Å². The lowest BCUT2D eigenvalue weighted by Gasteiger charge is -2.13. The third-order valence-electron chi connectivity index (χ3n) is 3.06. The predicted octanol–water partition coefficient (Wildman–Crippen LogP) is 5.34. The predicted molar refractivity (Wildman–Crippen MR) is 89.6 cm³/mol. The first-order valence-electron chi connectivity index (χ1n) is 7.21. The molecule has 0 heterocycles. The summed E-state index contributed by atoms with van der Waals surface area (Å²) in [5.41, 5.74) is 1.56. The van der Waals surface area contributed by atoms with Crippen molar-refractivity contribution in [1.82, 2.24) is 0 Å². The maximum absolute atomic E-state index is 8.85. The Kier molecular flexibility index (Phi) is 7.92. The minimum atomic E-state index is 0.650. The van der Waals surface area contributed by atoms with Crippen molar-refractivity contribution in [1.29, 1.82) is 5.26 Å². The molecule has 1 aromatic carbocycles. The van der Waals surface area contributed by atoms with E-state index in [0.29, 0.717) is 17.9 Å². The second kappa shape index (κ2) is 9.46. The van der Waals surface area contributed by atoms with Crippen LogP contribution in [0.2, 0.25) is 0 Å². The van der Waals surface area contributed by atoms with E-state index in [0.717, 1.165) is 22.2 Å². The minimum absolute atomic E-state index is 0.650. The number of nitriles is 1. The van der Waals surface area contributed by atoms with Gasteiger partial charge in [-0.15, -0.1) is 0 Å². The van der Waals surface area contributed by atoms with Crippen molar-refractivity contribution in [3.8, 4) is 17.6 Å². The van der Waals surface area contributed by atoms with Gasteiger partial charge in [0.15, 0.2) is 11.5 Å². The molecule has 0 saturated carbocycles. The van der Waals surface area contributed by atoms with Gasteiger partial charge in [0.2, 0.25) is 0 Å². The third kappa shape index (κ3) is 5.81. The molecule has 0 aromatic heterocycles. The molecular formula is C17H22BrNO2. The van der Waals surface area contributed by atoms with Crippen LogP contribution in [0.15, 0.2) is 22.2 Å². The molecule has 0 radical (unpaired) electrons. The summed E-state index contributed by atoms with van der Waals surface area (Å²) in [7, 11) is 1.62. The molecule has 0 aliphatic carbocycles. The largest absolute Gasteiger partial charge is 0.493 e. The molecule has 0 aliphatic rings. The van der Waals surface area contributed by atoms with E-state index in [-0.39, 0.29) is 0 Å². The summed E-state index contributed by atoms with van der Waals surface area (Å²) in [5, 5.41) is 8.85. The molecule has 0 saturated heterocycles. The number of rotatable bonds is 8. The normalized spacial score (nSPS) is 11.1. The number of hydrogen-bond acceptors (Lipinski definition) is 3. The van der Waals surface area contributed by atoms with Crippen LogP contribution in [0.1, 0.15) is 45.1 Å². The van der Waals surface area contributed by atoms with Gasteiger partial charge in [-0.2, -0.15) is 5.26 Å². The van der Waals surface area contributed by atoms with Crippen molar-refractivity contribution in [3.63, 3.8) is 0 Å². The Labute approximate surface area is 135 Å². The monoisotopic (exact) mass is 351 g/mol. The molecular weight excluding hydrogens is 330 g/mol. The molecule has 21 heavy (non-hydrogen) atoms. The quantitative estimate of drug-likeness (QED) is 0.468. The molecule has 0 aliphatic heterocycles. The van der Waals surface area contributed by atoms with E-state index in [2.05, 4.69) is 28.9 Å². The Hall–Kier alpha value is -1.47. The van der Waals surface area contributed by atoms with Gasteiger partial charge in [0, 0.05) is 5.57 Å². The fourth-order valence-corrected chi connectivity index (χ4v) is 2.52. The van der Waals surface area contributed by atoms with Gasteiger partial charge >= 0.3 is 0 Å². The van der Waals surface area contributed by atoms with E-state index in [9.17, 15) is 0 Å². The van der Waals surface area contributed by atoms with Crippen molar-refractivity contribution in [2.24, 2.45) is 0 Å². The van der Waals surface area contributed by atoms with Crippen LogP contribution < -0.4 is 9.47 Å². The summed E-state index contributed by atoms with van der Waals surface area (Å²) >= 11 is 3.52. The van der Waals surface area contributed by atoms with E-state index in [1.54, 1.807) is 14.0 Å². The summed E-state index contributed by atoms with van der Waals surface area (Å²) in [6.45, 7) is 4.65. The summed E-state index contributed by atoms with van der Waals surface area (Å²) in [6.07, 6.45) is 6.49. The van der Waals surface area contributed by atoms with Crippen LogP contribution in [0.5, 0.6) is 11.5 Å². The smallest absolute Gasteiger partial charge is 0.175 e. The van der Waals surface area contributed by atoms with E-state index in [1.165, 1.54) is 19.3 Å². The van der Waals surface area contributed by atoms with Gasteiger partial charge in [-0.05, 0) is 53.0 Å². The van der Waals surface area contributed by atoms with Gasteiger partial charge in [-0.1, -0.05) is 26.2 Å². The second-order valence-corrected chi connectivity index (χ2v) is 5.74. The molecule has 1 rings (SSSR count). The molecule has 0 atom stereocenters. The van der Waals surface area contributed by atoms with Gasteiger partial charge in [0.25, 0.3) is 0 Å². The maximum atomic E-state index is 8.85. The van der Waals surface area contributed by atoms with Gasteiger partial charge < -0.3 is 9.47 Å². The zero-order valence-corrected chi connectivity index (χ0v) is 14.5. The Morgan fingerprint density at radius 3 is 2.71 bits per heavy atom. The Bertz CT molecular complexity index is 532. The first kappa shape index (κ1) is 17.6. The van der Waals surface area contributed by atoms with Crippen LogP contribution in [0, 0.1) is 11.3 Å². The molecule has 0 unspecified atom stereocenters. The Morgan fingerprint density at radius 2 is 2.10 bits per heavy atom. The second-order valence-electron chi connectivity index (χ2n) is 4.88. The summed E-state index contributed by atoms with van der Waals surface area (Å²) < 4.78 is 12.1. The number of hydrogen-bond donors (Lipinski definition) is 0. The SMILES string of the molecule is CCCCCCOc1c(Br)cc(/C=C(/C)C#N)cc1OC. The first-order valence-corrected chi connectivity index (χ1v) is 8.00. The van der Waals surface area contributed by atoms with Crippen LogP contribution in [0.25, 0.3) is 6.08 Å². The van der Waals surface area contributed by atoms with E-state index in [4.69, 9.17) is 14.7 Å². The van der Waals surface area contributed by atoms with Crippen molar-refractivity contribution < 1.29 is 9.47 Å². The van der Waals surface area contributed by atoms with E-state index < -0.39 is 0 Å². The highest BCUT2D eigenvalue weighted by Gasteiger charge is 2.11. The molecule has 0 fully saturated rings. The number of allylic oxidation sites excluding steroid dienone is 1.